The van der Waals surface area contributed by atoms with Crippen LogP contribution in [0.5, 0.6) is 0 Å². The summed E-state index contributed by atoms with van der Waals surface area (Å²) in [5, 5.41) is 3.94. The lowest BCUT2D eigenvalue weighted by Crippen LogP contribution is -2.50. The Morgan fingerprint density at radius 3 is 2.63 bits per heavy atom. The molecule has 35 heavy (non-hydrogen) atoms. The number of rotatable bonds is 8. The topological polar surface area (TPSA) is 101 Å². The molecule has 0 radical (unpaired) electrons. The molecule has 3 aromatic heterocycles. The number of halogens is 1. The van der Waals surface area contributed by atoms with Crippen LogP contribution in [0.1, 0.15) is 72.6 Å². The number of aromatic nitrogens is 4. The van der Waals surface area contributed by atoms with Gasteiger partial charge in [0.15, 0.2) is 11.3 Å². The standard InChI is InChI=1S/C25H29FN6O2S/c1-14(18-9-19(26)11-27-10-18)28-25-30-21(22-23(31-25)29-15(2)35-22)24(34)32-12-17(13-32)8-20(33)7-16-5-3-4-6-16/h9-11,14,16-17H,3-8,12-13H2,1-2H3,(H,28,30,31). The largest absolute Gasteiger partial charge is 0.348 e. The number of ketones is 1. The first-order chi connectivity index (χ1) is 16.9. The van der Waals surface area contributed by atoms with Gasteiger partial charge in [-0.15, -0.1) is 11.3 Å². The first-order valence-corrected chi connectivity index (χ1v) is 13.0. The third-order valence-corrected chi connectivity index (χ3v) is 7.85. The van der Waals surface area contributed by atoms with Gasteiger partial charge in [0, 0.05) is 38.0 Å². The lowest BCUT2D eigenvalue weighted by atomic mass is 9.90. The number of carbonyl (C=O) groups excluding carboxylic acids is 2. The van der Waals surface area contributed by atoms with E-state index >= 15 is 0 Å². The molecule has 1 N–H and O–H groups in total. The average Bonchev–Trinajstić information content (AvgIpc) is 3.43. The van der Waals surface area contributed by atoms with Gasteiger partial charge in [-0.2, -0.15) is 4.98 Å². The van der Waals surface area contributed by atoms with Crippen molar-refractivity contribution in [2.24, 2.45) is 11.8 Å². The van der Waals surface area contributed by atoms with E-state index in [1.807, 2.05) is 13.8 Å². The molecule has 1 aliphatic heterocycles. The highest BCUT2D eigenvalue weighted by molar-refractivity contribution is 7.18. The molecule has 0 aromatic carbocycles. The average molecular weight is 497 g/mol. The molecule has 184 valence electrons. The molecule has 2 fully saturated rings. The number of carbonyl (C=O) groups is 2. The molecule has 1 unspecified atom stereocenters. The van der Waals surface area contributed by atoms with Crippen LogP contribution >= 0.6 is 11.3 Å². The number of nitrogens with one attached hydrogen (secondary N) is 1. The van der Waals surface area contributed by atoms with Crippen LogP contribution in [-0.2, 0) is 4.79 Å². The van der Waals surface area contributed by atoms with E-state index in [0.29, 0.717) is 59.2 Å². The maximum absolute atomic E-state index is 13.6. The molecule has 4 heterocycles. The van der Waals surface area contributed by atoms with E-state index in [0.717, 1.165) is 11.2 Å². The second-order valence-electron chi connectivity index (χ2n) is 9.76. The number of pyridine rings is 1. The van der Waals surface area contributed by atoms with E-state index in [2.05, 4.69) is 25.3 Å². The number of amides is 1. The number of Topliss-reactive ketones (excluding diaryl/α,β-unsaturated/α-hetero) is 1. The van der Waals surface area contributed by atoms with Crippen LogP contribution in [0.25, 0.3) is 10.3 Å². The number of nitrogens with zero attached hydrogens (tertiary/aromatic N) is 5. The Kier molecular flexibility index (Phi) is 6.73. The van der Waals surface area contributed by atoms with E-state index in [4.69, 9.17) is 0 Å². The number of thiazole rings is 1. The van der Waals surface area contributed by atoms with Crippen LogP contribution in [0.15, 0.2) is 18.5 Å². The SMILES string of the molecule is Cc1nc2nc(NC(C)c3cncc(F)c3)nc(C(=O)N3CC(CC(=O)CC4CCCC4)C3)c2s1. The van der Waals surface area contributed by atoms with Gasteiger partial charge in [0.25, 0.3) is 5.91 Å². The molecule has 1 amide bonds. The third-order valence-electron chi connectivity index (χ3n) is 6.89. The molecule has 10 heteroatoms. The van der Waals surface area contributed by atoms with Crippen LogP contribution in [0.4, 0.5) is 10.3 Å². The summed E-state index contributed by atoms with van der Waals surface area (Å²) in [5.41, 5.74) is 1.41. The normalized spacial score (nSPS) is 17.5. The second-order valence-corrected chi connectivity index (χ2v) is 11.0. The maximum Gasteiger partial charge on any atom is 0.274 e. The van der Waals surface area contributed by atoms with Crippen molar-refractivity contribution >= 4 is 39.3 Å². The van der Waals surface area contributed by atoms with Crippen LogP contribution < -0.4 is 5.32 Å². The van der Waals surface area contributed by atoms with Gasteiger partial charge in [-0.3, -0.25) is 14.6 Å². The first-order valence-electron chi connectivity index (χ1n) is 12.2. The summed E-state index contributed by atoms with van der Waals surface area (Å²) < 4.78 is 14.2. The predicted molar refractivity (Wildman–Crippen MR) is 132 cm³/mol. The zero-order valence-corrected chi connectivity index (χ0v) is 20.8. The molecule has 2 aliphatic rings. The Bertz CT molecular complexity index is 1250. The fourth-order valence-electron chi connectivity index (χ4n) is 5.04. The fraction of sp³-hybridized carbons (Fsp3) is 0.520. The minimum Gasteiger partial charge on any atom is -0.348 e. The molecule has 0 spiro atoms. The molecular formula is C25H29FN6O2S. The number of hydrogen-bond acceptors (Lipinski definition) is 8. The van der Waals surface area contributed by atoms with Gasteiger partial charge in [0.05, 0.1) is 17.2 Å². The summed E-state index contributed by atoms with van der Waals surface area (Å²) in [7, 11) is 0. The van der Waals surface area contributed by atoms with Gasteiger partial charge in [0.2, 0.25) is 5.95 Å². The summed E-state index contributed by atoms with van der Waals surface area (Å²) in [6, 6.07) is 1.08. The Morgan fingerprint density at radius 2 is 1.89 bits per heavy atom. The number of likely N-dealkylation sites (tertiary alicyclic amines) is 1. The zero-order valence-electron chi connectivity index (χ0n) is 20.0. The highest BCUT2D eigenvalue weighted by Crippen LogP contribution is 2.31. The van der Waals surface area contributed by atoms with Crippen LogP contribution in [0.2, 0.25) is 0 Å². The predicted octanol–water partition coefficient (Wildman–Crippen LogP) is 4.71. The summed E-state index contributed by atoms with van der Waals surface area (Å²) in [6.45, 7) is 4.84. The van der Waals surface area contributed by atoms with Crippen molar-refractivity contribution in [1.29, 1.82) is 0 Å². The molecule has 0 bridgehead atoms. The van der Waals surface area contributed by atoms with E-state index < -0.39 is 5.82 Å². The first kappa shape index (κ1) is 23.7. The van der Waals surface area contributed by atoms with Crippen molar-refractivity contribution in [3.05, 3.63) is 40.5 Å². The van der Waals surface area contributed by atoms with Crippen molar-refractivity contribution in [2.75, 3.05) is 18.4 Å². The highest BCUT2D eigenvalue weighted by atomic mass is 32.1. The van der Waals surface area contributed by atoms with Crippen LogP contribution in [-0.4, -0.2) is 49.6 Å². The van der Waals surface area contributed by atoms with Crippen molar-refractivity contribution in [2.45, 2.75) is 58.4 Å². The van der Waals surface area contributed by atoms with Crippen molar-refractivity contribution < 1.29 is 14.0 Å². The molecule has 3 aromatic rings. The monoisotopic (exact) mass is 496 g/mol. The van der Waals surface area contributed by atoms with Gasteiger partial charge < -0.3 is 10.2 Å². The fourth-order valence-corrected chi connectivity index (χ4v) is 5.88. The minimum atomic E-state index is -0.424. The molecule has 1 aliphatic carbocycles. The number of anilines is 1. The van der Waals surface area contributed by atoms with E-state index in [1.165, 1.54) is 43.1 Å². The summed E-state index contributed by atoms with van der Waals surface area (Å²) in [5.74, 6) is 0.749. The van der Waals surface area contributed by atoms with Gasteiger partial charge in [-0.05, 0) is 31.4 Å². The van der Waals surface area contributed by atoms with E-state index in [9.17, 15) is 14.0 Å². The Hall–Kier alpha value is -3.01. The number of aryl methyl sites for hydroxylation is 1. The lowest BCUT2D eigenvalue weighted by Gasteiger charge is -2.39. The number of fused-ring (bicyclic) bond motifs is 1. The van der Waals surface area contributed by atoms with Crippen molar-refractivity contribution in [1.82, 2.24) is 24.8 Å². The maximum atomic E-state index is 13.6. The van der Waals surface area contributed by atoms with Gasteiger partial charge in [0.1, 0.15) is 16.3 Å². The molecule has 1 atom stereocenters. The smallest absolute Gasteiger partial charge is 0.274 e. The Balaban J connectivity index is 1.27. The summed E-state index contributed by atoms with van der Waals surface area (Å²) in [6.07, 6.45) is 8.78. The highest BCUT2D eigenvalue weighted by Gasteiger charge is 2.35. The lowest BCUT2D eigenvalue weighted by molar-refractivity contribution is -0.121. The van der Waals surface area contributed by atoms with Crippen molar-refractivity contribution in [3.63, 3.8) is 0 Å². The van der Waals surface area contributed by atoms with Crippen LogP contribution in [0.3, 0.4) is 0 Å². The van der Waals surface area contributed by atoms with Gasteiger partial charge in [-0.25, -0.2) is 14.4 Å². The summed E-state index contributed by atoms with van der Waals surface area (Å²) in [4.78, 5) is 44.9. The second kappa shape index (κ2) is 9.93. The Morgan fingerprint density at radius 1 is 1.14 bits per heavy atom. The number of hydrogen-bond donors (Lipinski definition) is 1. The third kappa shape index (κ3) is 5.32. The molecule has 8 nitrogen and oxygen atoms in total. The minimum absolute atomic E-state index is 0.177. The Labute approximate surface area is 207 Å². The van der Waals surface area contributed by atoms with E-state index in [1.54, 1.807) is 11.1 Å². The van der Waals surface area contributed by atoms with Crippen molar-refractivity contribution in [3.8, 4) is 0 Å². The summed E-state index contributed by atoms with van der Waals surface area (Å²) >= 11 is 1.39. The zero-order chi connectivity index (χ0) is 24.5. The quantitative estimate of drug-likeness (QED) is 0.482. The molecule has 1 saturated carbocycles. The van der Waals surface area contributed by atoms with E-state index in [-0.39, 0.29) is 23.8 Å². The molecular weight excluding hydrogens is 467 g/mol. The molecule has 5 rings (SSSR count). The van der Waals surface area contributed by atoms with Gasteiger partial charge in [-0.1, -0.05) is 25.7 Å². The van der Waals surface area contributed by atoms with Gasteiger partial charge >= 0.3 is 0 Å². The van der Waals surface area contributed by atoms with Crippen LogP contribution in [0, 0.1) is 24.6 Å². The molecule has 1 saturated heterocycles.